The van der Waals surface area contributed by atoms with Crippen LogP contribution in [-0.4, -0.2) is 16.6 Å². The Kier molecular flexibility index (Phi) is 4.78. The molecule has 0 saturated heterocycles. The summed E-state index contributed by atoms with van der Waals surface area (Å²) in [5.41, 5.74) is 4.17. The molecule has 0 aliphatic heterocycles. The number of amides is 1. The Morgan fingerprint density at radius 3 is 2.50 bits per heavy atom. The van der Waals surface area contributed by atoms with Crippen LogP contribution in [0.5, 0.6) is 5.75 Å². The predicted octanol–water partition coefficient (Wildman–Crippen LogP) is 5.53. The normalized spacial score (nSPS) is 12.2. The standard InChI is InChI=1S/C24H24N2O2/c1-4-26-21-11-7-6-10-19(21)20-15-18(13-14-22(20)26)25-24(27)17(3)28-23-12-8-5-9-16(23)2/h5-15,17H,4H2,1-3H3,(H,25,27)/t17-/m1/s1. The molecule has 4 heteroatoms. The highest BCUT2D eigenvalue weighted by molar-refractivity contribution is 6.10. The fraction of sp³-hybridized carbons (Fsp3) is 0.208. The Hall–Kier alpha value is -3.27. The Balaban J connectivity index is 1.60. The molecule has 3 aromatic carbocycles. The number of carbonyl (C=O) groups is 1. The molecule has 0 fully saturated rings. The van der Waals surface area contributed by atoms with Crippen molar-refractivity contribution in [1.29, 1.82) is 0 Å². The fourth-order valence-electron chi connectivity index (χ4n) is 3.65. The second kappa shape index (κ2) is 7.39. The molecule has 4 rings (SSSR count). The number of carbonyl (C=O) groups excluding carboxylic acids is 1. The zero-order valence-corrected chi connectivity index (χ0v) is 16.4. The van der Waals surface area contributed by atoms with E-state index in [1.807, 2.05) is 49.4 Å². The third-order valence-electron chi connectivity index (χ3n) is 5.12. The van der Waals surface area contributed by atoms with Gasteiger partial charge in [0.05, 0.1) is 0 Å². The summed E-state index contributed by atoms with van der Waals surface area (Å²) >= 11 is 0. The fourth-order valence-corrected chi connectivity index (χ4v) is 3.65. The van der Waals surface area contributed by atoms with Gasteiger partial charge >= 0.3 is 0 Å². The monoisotopic (exact) mass is 372 g/mol. The lowest BCUT2D eigenvalue weighted by atomic mass is 10.1. The first-order valence-corrected chi connectivity index (χ1v) is 9.62. The molecule has 28 heavy (non-hydrogen) atoms. The van der Waals surface area contributed by atoms with E-state index in [0.717, 1.165) is 28.9 Å². The quantitative estimate of drug-likeness (QED) is 0.501. The van der Waals surface area contributed by atoms with Gasteiger partial charge in [0, 0.05) is 34.0 Å². The number of ether oxygens (including phenoxy) is 1. The summed E-state index contributed by atoms with van der Waals surface area (Å²) < 4.78 is 8.13. The van der Waals surface area contributed by atoms with Gasteiger partial charge in [-0.05, 0) is 56.7 Å². The number of hydrogen-bond acceptors (Lipinski definition) is 2. The number of fused-ring (bicyclic) bond motifs is 3. The molecule has 4 nitrogen and oxygen atoms in total. The first kappa shape index (κ1) is 18.1. The van der Waals surface area contributed by atoms with Crippen LogP contribution in [0.15, 0.2) is 66.7 Å². The number of anilines is 1. The summed E-state index contributed by atoms with van der Waals surface area (Å²) in [5.74, 6) is 0.563. The molecule has 0 aliphatic carbocycles. The van der Waals surface area contributed by atoms with Crippen molar-refractivity contribution in [3.8, 4) is 5.75 Å². The minimum Gasteiger partial charge on any atom is -0.481 e. The molecule has 0 spiro atoms. The lowest BCUT2D eigenvalue weighted by molar-refractivity contribution is -0.122. The van der Waals surface area contributed by atoms with Gasteiger partial charge in [0.25, 0.3) is 5.91 Å². The molecular formula is C24H24N2O2. The van der Waals surface area contributed by atoms with E-state index in [1.54, 1.807) is 6.92 Å². The maximum atomic E-state index is 12.6. The summed E-state index contributed by atoms with van der Waals surface area (Å²) in [6.07, 6.45) is -0.589. The number of nitrogens with zero attached hydrogens (tertiary/aromatic N) is 1. The second-order valence-electron chi connectivity index (χ2n) is 7.01. The van der Waals surface area contributed by atoms with Crippen LogP contribution in [0.2, 0.25) is 0 Å². The molecule has 0 saturated carbocycles. The van der Waals surface area contributed by atoms with Crippen LogP contribution in [0, 0.1) is 6.92 Å². The van der Waals surface area contributed by atoms with Gasteiger partial charge in [0.2, 0.25) is 0 Å². The number of aryl methyl sites for hydroxylation is 2. The summed E-state index contributed by atoms with van der Waals surface area (Å²) in [6.45, 7) is 6.78. The van der Waals surface area contributed by atoms with E-state index in [-0.39, 0.29) is 5.91 Å². The van der Waals surface area contributed by atoms with Gasteiger partial charge in [-0.2, -0.15) is 0 Å². The Morgan fingerprint density at radius 2 is 1.71 bits per heavy atom. The molecule has 0 unspecified atom stereocenters. The second-order valence-corrected chi connectivity index (χ2v) is 7.01. The lowest BCUT2D eigenvalue weighted by Gasteiger charge is -2.16. The van der Waals surface area contributed by atoms with E-state index in [1.165, 1.54) is 16.4 Å². The van der Waals surface area contributed by atoms with Crippen molar-refractivity contribution in [3.05, 3.63) is 72.3 Å². The van der Waals surface area contributed by atoms with Crippen LogP contribution in [0.4, 0.5) is 5.69 Å². The molecule has 142 valence electrons. The average molecular weight is 372 g/mol. The Bertz CT molecular complexity index is 1160. The van der Waals surface area contributed by atoms with E-state index in [9.17, 15) is 4.79 Å². The number of nitrogens with one attached hydrogen (secondary N) is 1. The molecule has 0 radical (unpaired) electrons. The van der Waals surface area contributed by atoms with Gasteiger partial charge in [-0.15, -0.1) is 0 Å². The highest BCUT2D eigenvalue weighted by Crippen LogP contribution is 2.31. The number of aromatic nitrogens is 1. The van der Waals surface area contributed by atoms with Crippen LogP contribution in [-0.2, 0) is 11.3 Å². The molecule has 4 aromatic rings. The first-order chi connectivity index (χ1) is 13.6. The largest absolute Gasteiger partial charge is 0.481 e. The highest BCUT2D eigenvalue weighted by Gasteiger charge is 2.17. The zero-order valence-electron chi connectivity index (χ0n) is 16.4. The van der Waals surface area contributed by atoms with Crippen LogP contribution >= 0.6 is 0 Å². The van der Waals surface area contributed by atoms with Crippen LogP contribution in [0.25, 0.3) is 21.8 Å². The van der Waals surface area contributed by atoms with Crippen molar-refractivity contribution in [2.75, 3.05) is 5.32 Å². The van der Waals surface area contributed by atoms with Crippen LogP contribution < -0.4 is 10.1 Å². The van der Waals surface area contributed by atoms with Crippen molar-refractivity contribution in [3.63, 3.8) is 0 Å². The van der Waals surface area contributed by atoms with Crippen LogP contribution in [0.3, 0.4) is 0 Å². The SMILES string of the molecule is CCn1c2ccccc2c2cc(NC(=O)[C@@H](C)Oc3ccccc3C)ccc21. The molecule has 1 heterocycles. The van der Waals surface area contributed by atoms with Crippen molar-refractivity contribution in [2.24, 2.45) is 0 Å². The van der Waals surface area contributed by atoms with E-state index >= 15 is 0 Å². The minimum atomic E-state index is -0.589. The summed E-state index contributed by atoms with van der Waals surface area (Å²) in [6, 6.07) is 22.1. The molecule has 0 aliphatic rings. The van der Waals surface area contributed by atoms with Crippen molar-refractivity contribution in [1.82, 2.24) is 4.57 Å². The van der Waals surface area contributed by atoms with Gasteiger partial charge in [-0.1, -0.05) is 36.4 Å². The van der Waals surface area contributed by atoms with Crippen molar-refractivity contribution >= 4 is 33.4 Å². The van der Waals surface area contributed by atoms with Gasteiger partial charge in [0.15, 0.2) is 6.10 Å². The maximum Gasteiger partial charge on any atom is 0.265 e. The highest BCUT2D eigenvalue weighted by atomic mass is 16.5. The third-order valence-corrected chi connectivity index (χ3v) is 5.12. The Morgan fingerprint density at radius 1 is 1.00 bits per heavy atom. The van der Waals surface area contributed by atoms with Gasteiger partial charge in [0.1, 0.15) is 5.75 Å². The van der Waals surface area contributed by atoms with Gasteiger partial charge in [-0.3, -0.25) is 4.79 Å². The van der Waals surface area contributed by atoms with E-state index in [2.05, 4.69) is 41.1 Å². The summed E-state index contributed by atoms with van der Waals surface area (Å²) in [7, 11) is 0. The lowest BCUT2D eigenvalue weighted by Crippen LogP contribution is -2.30. The third kappa shape index (κ3) is 3.22. The van der Waals surface area contributed by atoms with Gasteiger partial charge in [-0.25, -0.2) is 0 Å². The maximum absolute atomic E-state index is 12.6. The summed E-state index contributed by atoms with van der Waals surface area (Å²) in [5, 5.41) is 5.33. The predicted molar refractivity (Wildman–Crippen MR) is 115 cm³/mol. The number of benzene rings is 3. The topological polar surface area (TPSA) is 43.3 Å². The number of rotatable bonds is 5. The van der Waals surface area contributed by atoms with E-state index < -0.39 is 6.10 Å². The molecule has 1 aromatic heterocycles. The van der Waals surface area contributed by atoms with Crippen molar-refractivity contribution < 1.29 is 9.53 Å². The number of para-hydroxylation sites is 2. The molecule has 1 atom stereocenters. The van der Waals surface area contributed by atoms with Crippen molar-refractivity contribution in [2.45, 2.75) is 33.4 Å². The Labute approximate surface area is 164 Å². The van der Waals surface area contributed by atoms with Crippen LogP contribution in [0.1, 0.15) is 19.4 Å². The van der Waals surface area contributed by atoms with Gasteiger partial charge < -0.3 is 14.6 Å². The molecule has 1 amide bonds. The molecule has 1 N–H and O–H groups in total. The summed E-state index contributed by atoms with van der Waals surface area (Å²) in [4.78, 5) is 12.6. The molecular weight excluding hydrogens is 348 g/mol. The first-order valence-electron chi connectivity index (χ1n) is 9.62. The number of hydrogen-bond donors (Lipinski definition) is 1. The zero-order chi connectivity index (χ0) is 19.7. The molecule has 0 bridgehead atoms. The smallest absolute Gasteiger partial charge is 0.265 e. The van der Waals surface area contributed by atoms with E-state index in [0.29, 0.717) is 0 Å². The average Bonchev–Trinajstić information content (AvgIpc) is 3.02. The minimum absolute atomic E-state index is 0.165. The van der Waals surface area contributed by atoms with E-state index in [4.69, 9.17) is 4.74 Å².